The van der Waals surface area contributed by atoms with Gasteiger partial charge in [-0.2, -0.15) is 0 Å². The maximum atomic E-state index is 13.3. The minimum absolute atomic E-state index is 0.128. The Morgan fingerprint density at radius 2 is 1.58 bits per heavy atom. The molecular weight excluding hydrogens is 397 g/mol. The number of carbonyl (C=O) groups excluding carboxylic acids is 1. The quantitative estimate of drug-likeness (QED) is 0.620. The lowest BCUT2D eigenvalue weighted by Gasteiger charge is -2.27. The van der Waals surface area contributed by atoms with Crippen LogP contribution < -0.4 is 0 Å². The Morgan fingerprint density at radius 1 is 0.968 bits per heavy atom. The van der Waals surface area contributed by atoms with Gasteiger partial charge in [0.25, 0.3) is 5.91 Å². The highest BCUT2D eigenvalue weighted by Gasteiger charge is 2.41. The van der Waals surface area contributed by atoms with Crippen LogP contribution in [0, 0.1) is 12.7 Å². The monoisotopic (exact) mass is 417 g/mol. The third kappa shape index (κ3) is 3.92. The van der Waals surface area contributed by atoms with E-state index in [1.807, 2.05) is 31.2 Å². The van der Waals surface area contributed by atoms with Crippen molar-refractivity contribution in [3.05, 3.63) is 112 Å². The lowest BCUT2D eigenvalue weighted by molar-refractivity contribution is -0.130. The van der Waals surface area contributed by atoms with E-state index in [1.54, 1.807) is 24.3 Å². The lowest BCUT2D eigenvalue weighted by Crippen LogP contribution is -2.29. The summed E-state index contributed by atoms with van der Waals surface area (Å²) in [5, 5.41) is 20.0. The van der Waals surface area contributed by atoms with Gasteiger partial charge in [-0.05, 0) is 47.9 Å². The van der Waals surface area contributed by atoms with Crippen LogP contribution >= 0.6 is 0 Å². The molecule has 1 amide bonds. The van der Waals surface area contributed by atoms with Gasteiger partial charge < -0.3 is 15.1 Å². The first-order valence-corrected chi connectivity index (χ1v) is 9.74. The molecule has 3 aromatic carbocycles. The Hall–Kier alpha value is -3.93. The van der Waals surface area contributed by atoms with Gasteiger partial charge in [0, 0.05) is 12.1 Å². The first-order chi connectivity index (χ1) is 14.8. The number of rotatable bonds is 5. The molecule has 0 saturated carbocycles. The number of aliphatic hydroxyl groups is 1. The number of hydrogen-bond donors (Lipinski definition) is 2. The predicted octanol–water partition coefficient (Wildman–Crippen LogP) is 4.89. The molecule has 6 heteroatoms. The number of aromatic carboxylic acids is 1. The molecule has 5 nitrogen and oxygen atoms in total. The maximum absolute atomic E-state index is 13.3. The van der Waals surface area contributed by atoms with Gasteiger partial charge in [0.15, 0.2) is 5.76 Å². The number of carbonyl (C=O) groups is 2. The van der Waals surface area contributed by atoms with Crippen molar-refractivity contribution in [2.45, 2.75) is 19.5 Å². The highest BCUT2D eigenvalue weighted by Crippen LogP contribution is 2.43. The summed E-state index contributed by atoms with van der Waals surface area (Å²) in [4.78, 5) is 25.8. The van der Waals surface area contributed by atoms with Crippen molar-refractivity contribution in [3.63, 3.8) is 0 Å². The topological polar surface area (TPSA) is 77.8 Å². The van der Waals surface area contributed by atoms with E-state index in [9.17, 15) is 24.2 Å². The van der Waals surface area contributed by atoms with Crippen LogP contribution in [0.4, 0.5) is 4.39 Å². The van der Waals surface area contributed by atoms with E-state index in [0.717, 1.165) is 5.56 Å². The fourth-order valence-electron chi connectivity index (χ4n) is 3.79. The van der Waals surface area contributed by atoms with Gasteiger partial charge in [0.2, 0.25) is 0 Å². The average Bonchev–Trinajstić information content (AvgIpc) is 3.01. The van der Waals surface area contributed by atoms with Crippen LogP contribution in [0.15, 0.2) is 78.6 Å². The van der Waals surface area contributed by atoms with E-state index < -0.39 is 17.9 Å². The number of nitrogens with zero attached hydrogens (tertiary/aromatic N) is 1. The van der Waals surface area contributed by atoms with Crippen molar-refractivity contribution in [1.82, 2.24) is 4.90 Å². The second kappa shape index (κ2) is 8.07. The smallest absolute Gasteiger partial charge is 0.335 e. The van der Waals surface area contributed by atoms with Crippen LogP contribution in [-0.4, -0.2) is 27.0 Å². The third-order valence-corrected chi connectivity index (χ3v) is 5.41. The van der Waals surface area contributed by atoms with Crippen molar-refractivity contribution >= 4 is 17.4 Å². The van der Waals surface area contributed by atoms with Gasteiger partial charge >= 0.3 is 5.97 Å². The molecular formula is C25H20FNO4. The molecule has 31 heavy (non-hydrogen) atoms. The normalized spacial score (nSPS) is 16.1. The van der Waals surface area contributed by atoms with Crippen LogP contribution in [0.2, 0.25) is 0 Å². The van der Waals surface area contributed by atoms with Crippen molar-refractivity contribution in [3.8, 4) is 0 Å². The Labute approximate surface area is 178 Å². The summed E-state index contributed by atoms with van der Waals surface area (Å²) in [5.74, 6) is -2.31. The van der Waals surface area contributed by atoms with E-state index in [-0.39, 0.29) is 23.7 Å². The lowest BCUT2D eigenvalue weighted by atomic mass is 9.92. The van der Waals surface area contributed by atoms with Crippen molar-refractivity contribution in [2.24, 2.45) is 0 Å². The summed E-state index contributed by atoms with van der Waals surface area (Å²) in [7, 11) is 0. The fraction of sp³-hybridized carbons (Fsp3) is 0.120. The predicted molar refractivity (Wildman–Crippen MR) is 114 cm³/mol. The highest BCUT2D eigenvalue weighted by atomic mass is 19.1. The minimum Gasteiger partial charge on any atom is -0.503 e. The molecule has 3 aromatic rings. The Kier molecular flexibility index (Phi) is 5.29. The van der Waals surface area contributed by atoms with Crippen LogP contribution in [0.25, 0.3) is 5.57 Å². The summed E-state index contributed by atoms with van der Waals surface area (Å²) in [6.45, 7) is 2.10. The molecule has 0 aliphatic carbocycles. The van der Waals surface area contributed by atoms with E-state index in [1.165, 1.54) is 29.2 Å². The summed E-state index contributed by atoms with van der Waals surface area (Å²) in [6, 6.07) is 18.9. The summed E-state index contributed by atoms with van der Waals surface area (Å²) < 4.78 is 13.3. The third-order valence-electron chi connectivity index (χ3n) is 5.41. The van der Waals surface area contributed by atoms with Gasteiger partial charge in [-0.15, -0.1) is 0 Å². The standard InChI is InChI=1S/C25H20FNO4/c1-15-2-6-17(7-3-15)21-22(18-8-10-19(11-9-18)25(30)31)27(24(29)23(21)28)14-16-4-12-20(26)13-5-16/h2-13,22,28H,14H2,1H3,(H,30,31)/t22-/m0/s1. The summed E-state index contributed by atoms with van der Waals surface area (Å²) >= 11 is 0. The second-order valence-corrected chi connectivity index (χ2v) is 7.52. The molecule has 0 radical (unpaired) electrons. The number of halogens is 1. The molecule has 2 N–H and O–H groups in total. The molecule has 0 bridgehead atoms. The molecule has 1 atom stereocenters. The molecule has 0 unspecified atom stereocenters. The first-order valence-electron chi connectivity index (χ1n) is 9.74. The number of aliphatic hydroxyl groups excluding tert-OH is 1. The van der Waals surface area contributed by atoms with Gasteiger partial charge in [-0.1, -0.05) is 54.1 Å². The van der Waals surface area contributed by atoms with E-state index in [4.69, 9.17) is 0 Å². The average molecular weight is 417 g/mol. The number of aryl methyl sites for hydroxylation is 1. The number of carboxylic acid groups (broad SMARTS) is 1. The van der Waals surface area contributed by atoms with Crippen LogP contribution in [-0.2, 0) is 11.3 Å². The van der Waals surface area contributed by atoms with Gasteiger partial charge in [0.05, 0.1) is 11.6 Å². The minimum atomic E-state index is -1.05. The molecule has 1 heterocycles. The van der Waals surface area contributed by atoms with Crippen molar-refractivity contribution in [1.29, 1.82) is 0 Å². The zero-order chi connectivity index (χ0) is 22.1. The Bertz CT molecular complexity index is 1170. The molecule has 1 aliphatic rings. The molecule has 0 spiro atoms. The summed E-state index contributed by atoms with van der Waals surface area (Å²) in [5.41, 5.74) is 3.70. The highest BCUT2D eigenvalue weighted by molar-refractivity contribution is 6.05. The van der Waals surface area contributed by atoms with Crippen LogP contribution in [0.1, 0.15) is 38.7 Å². The van der Waals surface area contributed by atoms with Gasteiger partial charge in [0.1, 0.15) is 5.82 Å². The number of hydrogen-bond acceptors (Lipinski definition) is 3. The summed E-state index contributed by atoms with van der Waals surface area (Å²) in [6.07, 6.45) is 0. The SMILES string of the molecule is Cc1ccc(C2=C(O)C(=O)N(Cc3ccc(F)cc3)[C@H]2c2ccc(C(=O)O)cc2)cc1. The number of amides is 1. The molecule has 1 aliphatic heterocycles. The molecule has 0 aromatic heterocycles. The molecule has 156 valence electrons. The second-order valence-electron chi connectivity index (χ2n) is 7.52. The number of benzene rings is 3. The molecule has 0 fully saturated rings. The van der Waals surface area contributed by atoms with Gasteiger partial charge in [-0.3, -0.25) is 4.79 Å². The van der Waals surface area contributed by atoms with E-state index >= 15 is 0 Å². The fourth-order valence-corrected chi connectivity index (χ4v) is 3.79. The molecule has 4 rings (SSSR count). The first kappa shape index (κ1) is 20.3. The van der Waals surface area contributed by atoms with E-state index in [2.05, 4.69) is 0 Å². The van der Waals surface area contributed by atoms with Crippen molar-refractivity contribution in [2.75, 3.05) is 0 Å². The molecule has 0 saturated heterocycles. The zero-order valence-electron chi connectivity index (χ0n) is 16.7. The Balaban J connectivity index is 1.80. The maximum Gasteiger partial charge on any atom is 0.335 e. The van der Waals surface area contributed by atoms with Crippen LogP contribution in [0.5, 0.6) is 0 Å². The van der Waals surface area contributed by atoms with Crippen LogP contribution in [0.3, 0.4) is 0 Å². The zero-order valence-corrected chi connectivity index (χ0v) is 16.7. The van der Waals surface area contributed by atoms with E-state index in [0.29, 0.717) is 22.3 Å². The van der Waals surface area contributed by atoms with Gasteiger partial charge in [-0.25, -0.2) is 9.18 Å². The van der Waals surface area contributed by atoms with Crippen molar-refractivity contribution < 1.29 is 24.2 Å². The largest absolute Gasteiger partial charge is 0.503 e. The number of carboxylic acids is 1. The Morgan fingerprint density at radius 3 is 2.16 bits per heavy atom.